The van der Waals surface area contributed by atoms with E-state index in [-0.39, 0.29) is 45.0 Å². The molecule has 0 radical (unpaired) electrons. The maximum Gasteiger partial charge on any atom is 0.326 e. The minimum Gasteiger partial charge on any atom is -0.480 e. The number of hydrogen-bond donors (Lipinski definition) is 2. The third-order valence-corrected chi connectivity index (χ3v) is 14.8. The molecule has 1 amide bonds. The van der Waals surface area contributed by atoms with Gasteiger partial charge in [0.2, 0.25) is 5.91 Å². The highest BCUT2D eigenvalue weighted by Crippen LogP contribution is 2.76. The number of aliphatic hydroxyl groups excluding tert-OH is 1. The molecule has 2 N–H and O–H groups in total. The molecule has 1 heterocycles. The number of fused-ring (bicyclic) bond motifs is 7. The molecule has 5 aliphatic carbocycles. The van der Waals surface area contributed by atoms with Crippen LogP contribution >= 0.6 is 0 Å². The van der Waals surface area contributed by atoms with E-state index < -0.39 is 17.4 Å². The number of allylic oxidation sites excluding steroid dienone is 2. The minimum absolute atomic E-state index is 0.0448. The number of carboxylic acids is 1. The van der Waals surface area contributed by atoms with E-state index in [1.807, 2.05) is 0 Å². The molecule has 4 saturated carbocycles. The van der Waals surface area contributed by atoms with E-state index in [0.29, 0.717) is 24.8 Å². The van der Waals surface area contributed by atoms with Gasteiger partial charge < -0.3 is 15.1 Å². The van der Waals surface area contributed by atoms with Gasteiger partial charge in [-0.15, -0.1) is 0 Å². The van der Waals surface area contributed by atoms with Crippen molar-refractivity contribution in [1.82, 2.24) is 4.90 Å². The Morgan fingerprint density at radius 2 is 1.57 bits per heavy atom. The molecule has 224 valence electrons. The summed E-state index contributed by atoms with van der Waals surface area (Å²) >= 11 is 0. The van der Waals surface area contributed by atoms with Gasteiger partial charge in [0.05, 0.1) is 11.5 Å². The maximum absolute atomic E-state index is 14.6. The lowest BCUT2D eigenvalue weighted by atomic mass is 9.33. The fraction of sp³-hybridized carbons (Fsp3) is 0.886. The molecule has 6 rings (SSSR count). The number of likely N-dealkylation sites (tertiary alicyclic amines) is 1. The molecule has 5 heteroatoms. The summed E-state index contributed by atoms with van der Waals surface area (Å²) in [7, 11) is 0. The van der Waals surface area contributed by atoms with Crippen LogP contribution in [-0.2, 0) is 9.59 Å². The lowest BCUT2D eigenvalue weighted by Gasteiger charge is -2.71. The molecule has 0 aromatic carbocycles. The molecule has 40 heavy (non-hydrogen) atoms. The van der Waals surface area contributed by atoms with Crippen LogP contribution in [0, 0.1) is 50.2 Å². The monoisotopic (exact) mass is 553 g/mol. The van der Waals surface area contributed by atoms with Crippen LogP contribution in [0.4, 0.5) is 0 Å². The molecular weight excluding hydrogens is 498 g/mol. The molecule has 0 aromatic rings. The number of nitrogens with zero attached hydrogens (tertiary/aromatic N) is 1. The molecule has 1 aliphatic heterocycles. The van der Waals surface area contributed by atoms with Crippen molar-refractivity contribution in [2.75, 3.05) is 6.54 Å². The second kappa shape index (κ2) is 8.83. The Morgan fingerprint density at radius 1 is 0.875 bits per heavy atom. The largest absolute Gasteiger partial charge is 0.480 e. The number of hydrogen-bond acceptors (Lipinski definition) is 3. The van der Waals surface area contributed by atoms with Crippen molar-refractivity contribution in [2.24, 2.45) is 50.2 Å². The quantitative estimate of drug-likeness (QED) is 0.354. The highest BCUT2D eigenvalue weighted by molar-refractivity contribution is 5.89. The van der Waals surface area contributed by atoms with Crippen LogP contribution in [0.1, 0.15) is 126 Å². The SMILES string of the molecule is CC1(C)CC[C@]2(C(=O)N3CCC[C@@H]3C(=O)O)CC[C@]3(C)C(=CC[C@@H]4[C@@]5(C)CC[C@H](O)C(C)(C)[C@@H]5CC[C@]43C)[C@@H]2C1. The number of carbonyl (C=O) groups excluding carboxylic acids is 1. The highest BCUT2D eigenvalue weighted by atomic mass is 16.4. The second-order valence-corrected chi connectivity index (χ2v) is 17.2. The van der Waals surface area contributed by atoms with Crippen LogP contribution in [-0.4, -0.2) is 45.7 Å². The first-order valence-electron chi connectivity index (χ1n) is 16.5. The van der Waals surface area contributed by atoms with Gasteiger partial charge >= 0.3 is 5.97 Å². The lowest BCUT2D eigenvalue weighted by Crippen LogP contribution is -2.65. The van der Waals surface area contributed by atoms with Crippen LogP contribution < -0.4 is 0 Å². The molecule has 9 atom stereocenters. The number of amides is 1. The zero-order valence-corrected chi connectivity index (χ0v) is 26.3. The summed E-state index contributed by atoms with van der Waals surface area (Å²) in [5.74, 6) is 0.612. The van der Waals surface area contributed by atoms with Gasteiger partial charge in [0.1, 0.15) is 6.04 Å². The number of carbonyl (C=O) groups is 2. The Bertz CT molecular complexity index is 1120. The average Bonchev–Trinajstić information content (AvgIpc) is 3.37. The topological polar surface area (TPSA) is 77.8 Å². The summed E-state index contributed by atoms with van der Waals surface area (Å²) < 4.78 is 0. The van der Waals surface area contributed by atoms with Crippen molar-refractivity contribution in [3.63, 3.8) is 0 Å². The molecule has 0 spiro atoms. The van der Waals surface area contributed by atoms with Gasteiger partial charge in [-0.05, 0) is 122 Å². The van der Waals surface area contributed by atoms with Crippen LogP contribution in [0.5, 0.6) is 0 Å². The number of aliphatic hydroxyl groups is 1. The van der Waals surface area contributed by atoms with Gasteiger partial charge in [-0.25, -0.2) is 4.79 Å². The van der Waals surface area contributed by atoms with E-state index in [4.69, 9.17) is 0 Å². The Kier molecular flexibility index (Phi) is 6.35. The predicted molar refractivity (Wildman–Crippen MR) is 157 cm³/mol. The van der Waals surface area contributed by atoms with Crippen LogP contribution in [0.3, 0.4) is 0 Å². The average molecular weight is 554 g/mol. The molecule has 0 aromatic heterocycles. The van der Waals surface area contributed by atoms with Crippen molar-refractivity contribution in [3.8, 4) is 0 Å². The van der Waals surface area contributed by atoms with E-state index in [0.717, 1.165) is 57.8 Å². The van der Waals surface area contributed by atoms with E-state index in [1.165, 1.54) is 12.8 Å². The fourth-order valence-electron chi connectivity index (χ4n) is 12.2. The van der Waals surface area contributed by atoms with E-state index in [9.17, 15) is 19.8 Å². The van der Waals surface area contributed by atoms with E-state index in [1.54, 1.807) is 10.5 Å². The van der Waals surface area contributed by atoms with Crippen molar-refractivity contribution < 1.29 is 19.8 Å². The van der Waals surface area contributed by atoms with E-state index in [2.05, 4.69) is 54.5 Å². The second-order valence-electron chi connectivity index (χ2n) is 17.2. The number of carboxylic acid groups (broad SMARTS) is 1. The summed E-state index contributed by atoms with van der Waals surface area (Å²) in [6.07, 6.45) is 14.0. The Labute approximate surface area is 242 Å². The third-order valence-electron chi connectivity index (χ3n) is 14.8. The minimum atomic E-state index is -0.839. The molecule has 1 saturated heterocycles. The first-order valence-corrected chi connectivity index (χ1v) is 16.5. The van der Waals surface area contributed by atoms with Crippen molar-refractivity contribution in [2.45, 2.75) is 138 Å². The fourth-order valence-corrected chi connectivity index (χ4v) is 12.2. The standard InChI is InChI=1S/C35H55NO4/c1-30(2)16-18-35(29(40)36-20-8-9-24(36)28(38)39)19-17-33(6)22(23(35)21-30)10-11-26-32(5)14-13-27(37)31(3,4)25(32)12-15-34(26,33)7/h10,23-27,37H,8-9,11-21H2,1-7H3,(H,38,39)/t23-,24+,25-,26+,27-,32-,33+,34+,35-/m0/s1. The number of aliphatic carboxylic acids is 1. The lowest BCUT2D eigenvalue weighted by molar-refractivity contribution is -0.204. The third kappa shape index (κ3) is 3.60. The van der Waals surface area contributed by atoms with Gasteiger partial charge in [-0.2, -0.15) is 0 Å². The van der Waals surface area contributed by atoms with Gasteiger partial charge in [0, 0.05) is 6.54 Å². The zero-order chi connectivity index (χ0) is 29.1. The van der Waals surface area contributed by atoms with Crippen LogP contribution in [0.2, 0.25) is 0 Å². The van der Waals surface area contributed by atoms with Crippen molar-refractivity contribution >= 4 is 11.9 Å². The van der Waals surface area contributed by atoms with E-state index >= 15 is 0 Å². The van der Waals surface area contributed by atoms with Gasteiger partial charge in [-0.1, -0.05) is 60.1 Å². The van der Waals surface area contributed by atoms with Crippen molar-refractivity contribution in [1.29, 1.82) is 0 Å². The van der Waals surface area contributed by atoms with Gasteiger partial charge in [0.15, 0.2) is 0 Å². The molecule has 5 fully saturated rings. The van der Waals surface area contributed by atoms with Crippen molar-refractivity contribution in [3.05, 3.63) is 11.6 Å². The van der Waals surface area contributed by atoms with Crippen LogP contribution in [0.25, 0.3) is 0 Å². The molecule has 5 nitrogen and oxygen atoms in total. The Balaban J connectivity index is 1.42. The highest BCUT2D eigenvalue weighted by Gasteiger charge is 2.69. The number of rotatable bonds is 2. The maximum atomic E-state index is 14.6. The predicted octanol–water partition coefficient (Wildman–Crippen LogP) is 7.22. The summed E-state index contributed by atoms with van der Waals surface area (Å²) in [6, 6.07) is -0.659. The first-order chi connectivity index (χ1) is 18.5. The smallest absolute Gasteiger partial charge is 0.326 e. The first kappa shape index (κ1) is 28.7. The Morgan fingerprint density at radius 3 is 2.27 bits per heavy atom. The van der Waals surface area contributed by atoms with Gasteiger partial charge in [-0.3, -0.25) is 4.79 Å². The summed E-state index contributed by atoms with van der Waals surface area (Å²) in [5, 5.41) is 21.0. The summed E-state index contributed by atoms with van der Waals surface area (Å²) in [5.41, 5.74) is 1.62. The normalized spacial score (nSPS) is 49.1. The summed E-state index contributed by atoms with van der Waals surface area (Å²) in [4.78, 5) is 28.5. The molecule has 0 unspecified atom stereocenters. The molecular formula is C35H55NO4. The molecule has 0 bridgehead atoms. The zero-order valence-electron chi connectivity index (χ0n) is 26.3. The summed E-state index contributed by atoms with van der Waals surface area (Å²) in [6.45, 7) is 17.6. The Hall–Kier alpha value is -1.36. The van der Waals surface area contributed by atoms with Crippen LogP contribution in [0.15, 0.2) is 11.6 Å². The molecule has 6 aliphatic rings. The van der Waals surface area contributed by atoms with Gasteiger partial charge in [0.25, 0.3) is 0 Å².